The summed E-state index contributed by atoms with van der Waals surface area (Å²) in [5.41, 5.74) is 5.49. The van der Waals surface area contributed by atoms with E-state index in [1.807, 2.05) is 0 Å². The normalized spacial score (nSPS) is 23.5. The summed E-state index contributed by atoms with van der Waals surface area (Å²) in [4.78, 5) is 2.52. The summed E-state index contributed by atoms with van der Waals surface area (Å²) in [6.07, 6.45) is 2.45. The van der Waals surface area contributed by atoms with Crippen LogP contribution in [0.1, 0.15) is 35.7 Å². The summed E-state index contributed by atoms with van der Waals surface area (Å²) >= 11 is 0. The van der Waals surface area contributed by atoms with Gasteiger partial charge in [0.15, 0.2) is 0 Å². The minimum absolute atomic E-state index is 0.271. The molecule has 0 aromatic heterocycles. The van der Waals surface area contributed by atoms with Crippen LogP contribution in [-0.2, 0) is 0 Å². The third kappa shape index (κ3) is 3.11. The summed E-state index contributed by atoms with van der Waals surface area (Å²) in [5, 5.41) is 0. The standard InChI is InChI=1S/C25H25N/c1-19-23(20-12-6-3-7-13-20)18-24(21-14-8-4-9-15-21)26(2)25(19)22-16-10-5-11-17-22/h3-19,24-25H,1-2H3/t19-,24-,25+/m0/s1. The van der Waals surface area contributed by atoms with Gasteiger partial charge >= 0.3 is 0 Å². The van der Waals surface area contributed by atoms with Gasteiger partial charge in [0.1, 0.15) is 0 Å². The molecule has 130 valence electrons. The lowest BCUT2D eigenvalue weighted by molar-refractivity contribution is 0.162. The molecule has 0 saturated heterocycles. The van der Waals surface area contributed by atoms with Crippen molar-refractivity contribution in [3.63, 3.8) is 0 Å². The summed E-state index contributed by atoms with van der Waals surface area (Å²) in [6.45, 7) is 2.36. The molecule has 3 aromatic carbocycles. The molecule has 0 N–H and O–H groups in total. The third-order valence-corrected chi connectivity index (χ3v) is 5.57. The lowest BCUT2D eigenvalue weighted by Gasteiger charge is -2.43. The second kappa shape index (κ2) is 7.31. The average Bonchev–Trinajstić information content (AvgIpc) is 2.70. The second-order valence-corrected chi connectivity index (χ2v) is 7.15. The van der Waals surface area contributed by atoms with Crippen molar-refractivity contribution in [1.29, 1.82) is 0 Å². The van der Waals surface area contributed by atoms with Crippen molar-refractivity contribution in [3.05, 3.63) is 114 Å². The Kier molecular flexibility index (Phi) is 4.73. The molecular formula is C25H25N. The Morgan fingerprint density at radius 2 is 1.15 bits per heavy atom. The molecule has 0 saturated carbocycles. The van der Waals surface area contributed by atoms with Gasteiger partial charge in [0.2, 0.25) is 0 Å². The average molecular weight is 339 g/mol. The molecule has 3 aromatic rings. The van der Waals surface area contributed by atoms with E-state index in [4.69, 9.17) is 0 Å². The molecule has 0 spiro atoms. The smallest absolute Gasteiger partial charge is 0.0540 e. The fourth-order valence-electron chi connectivity index (χ4n) is 4.28. The van der Waals surface area contributed by atoms with E-state index >= 15 is 0 Å². The predicted octanol–water partition coefficient (Wildman–Crippen LogP) is 6.13. The molecule has 1 heteroatoms. The zero-order valence-corrected chi connectivity index (χ0v) is 15.4. The van der Waals surface area contributed by atoms with E-state index < -0.39 is 0 Å². The van der Waals surface area contributed by atoms with Gasteiger partial charge in [0.25, 0.3) is 0 Å². The summed E-state index contributed by atoms with van der Waals surface area (Å²) in [6, 6.07) is 33.2. The van der Waals surface area contributed by atoms with Gasteiger partial charge in [0, 0.05) is 12.0 Å². The molecular weight excluding hydrogens is 314 g/mol. The van der Waals surface area contributed by atoms with E-state index in [0.717, 1.165) is 0 Å². The zero-order chi connectivity index (χ0) is 17.9. The number of rotatable bonds is 3. The van der Waals surface area contributed by atoms with Crippen LogP contribution in [0.2, 0.25) is 0 Å². The SMILES string of the molecule is C[C@H]1C(c2ccccc2)=C[C@@H](c2ccccc2)N(C)[C@H]1c1ccccc1. The fourth-order valence-corrected chi connectivity index (χ4v) is 4.28. The molecule has 3 atom stereocenters. The molecule has 0 fully saturated rings. The maximum atomic E-state index is 2.52. The van der Waals surface area contributed by atoms with Crippen LogP contribution in [0, 0.1) is 5.92 Å². The van der Waals surface area contributed by atoms with E-state index in [1.54, 1.807) is 0 Å². The topological polar surface area (TPSA) is 3.24 Å². The van der Waals surface area contributed by atoms with E-state index in [9.17, 15) is 0 Å². The minimum atomic E-state index is 0.271. The molecule has 1 nitrogen and oxygen atoms in total. The molecule has 1 aliphatic rings. The Hall–Kier alpha value is -2.64. The van der Waals surface area contributed by atoms with E-state index in [0.29, 0.717) is 12.0 Å². The highest BCUT2D eigenvalue weighted by Crippen LogP contribution is 2.46. The van der Waals surface area contributed by atoms with Crippen molar-refractivity contribution in [2.45, 2.75) is 19.0 Å². The molecule has 0 aliphatic carbocycles. The highest BCUT2D eigenvalue weighted by molar-refractivity contribution is 5.70. The van der Waals surface area contributed by atoms with Gasteiger partial charge in [-0.1, -0.05) is 104 Å². The van der Waals surface area contributed by atoms with Crippen molar-refractivity contribution in [1.82, 2.24) is 4.90 Å². The van der Waals surface area contributed by atoms with E-state index in [1.165, 1.54) is 22.3 Å². The Morgan fingerprint density at radius 3 is 1.73 bits per heavy atom. The maximum Gasteiger partial charge on any atom is 0.0540 e. The molecule has 1 heterocycles. The van der Waals surface area contributed by atoms with Crippen LogP contribution in [0.25, 0.3) is 5.57 Å². The van der Waals surface area contributed by atoms with Crippen molar-refractivity contribution < 1.29 is 0 Å². The Labute approximate surface area is 156 Å². The van der Waals surface area contributed by atoms with Gasteiger partial charge in [0.05, 0.1) is 6.04 Å². The first kappa shape index (κ1) is 16.8. The highest BCUT2D eigenvalue weighted by atomic mass is 15.2. The number of hydrogen-bond acceptors (Lipinski definition) is 1. The van der Waals surface area contributed by atoms with Gasteiger partial charge in [-0.25, -0.2) is 0 Å². The zero-order valence-electron chi connectivity index (χ0n) is 15.4. The van der Waals surface area contributed by atoms with Gasteiger partial charge in [-0.05, 0) is 29.3 Å². The van der Waals surface area contributed by atoms with Crippen molar-refractivity contribution in [2.75, 3.05) is 7.05 Å². The monoisotopic (exact) mass is 339 g/mol. The van der Waals surface area contributed by atoms with Gasteiger partial charge in [-0.3, -0.25) is 4.90 Å². The fraction of sp³-hybridized carbons (Fsp3) is 0.200. The summed E-state index contributed by atoms with van der Waals surface area (Å²) in [7, 11) is 2.25. The largest absolute Gasteiger partial charge is 0.288 e. The van der Waals surface area contributed by atoms with Gasteiger partial charge in [-0.15, -0.1) is 0 Å². The molecule has 4 rings (SSSR count). The van der Waals surface area contributed by atoms with Crippen LogP contribution in [-0.4, -0.2) is 11.9 Å². The van der Waals surface area contributed by atoms with Crippen LogP contribution in [0.3, 0.4) is 0 Å². The van der Waals surface area contributed by atoms with Crippen molar-refractivity contribution in [2.24, 2.45) is 5.92 Å². The maximum absolute atomic E-state index is 2.52. The van der Waals surface area contributed by atoms with Gasteiger partial charge in [-0.2, -0.15) is 0 Å². The first-order valence-corrected chi connectivity index (χ1v) is 9.34. The van der Waals surface area contributed by atoms with Crippen LogP contribution in [0.5, 0.6) is 0 Å². The predicted molar refractivity (Wildman–Crippen MR) is 110 cm³/mol. The molecule has 0 amide bonds. The summed E-state index contributed by atoms with van der Waals surface area (Å²) < 4.78 is 0. The minimum Gasteiger partial charge on any atom is -0.288 e. The Bertz CT molecular complexity index is 868. The molecule has 26 heavy (non-hydrogen) atoms. The van der Waals surface area contributed by atoms with Crippen LogP contribution in [0.4, 0.5) is 0 Å². The first-order chi connectivity index (χ1) is 12.8. The van der Waals surface area contributed by atoms with Crippen molar-refractivity contribution >= 4 is 5.57 Å². The highest BCUT2D eigenvalue weighted by Gasteiger charge is 2.35. The van der Waals surface area contributed by atoms with Crippen LogP contribution < -0.4 is 0 Å². The summed E-state index contributed by atoms with van der Waals surface area (Å²) in [5.74, 6) is 0.421. The molecule has 0 bridgehead atoms. The Balaban J connectivity index is 1.84. The second-order valence-electron chi connectivity index (χ2n) is 7.15. The van der Waals surface area contributed by atoms with E-state index in [-0.39, 0.29) is 6.04 Å². The van der Waals surface area contributed by atoms with Crippen LogP contribution in [0.15, 0.2) is 97.1 Å². The number of benzene rings is 3. The molecule has 1 aliphatic heterocycles. The number of nitrogens with zero attached hydrogens (tertiary/aromatic N) is 1. The number of likely N-dealkylation sites (N-methyl/N-ethyl adjacent to an activating group) is 1. The quantitative estimate of drug-likeness (QED) is 0.554. The lowest BCUT2D eigenvalue weighted by Crippen LogP contribution is -2.36. The first-order valence-electron chi connectivity index (χ1n) is 9.34. The van der Waals surface area contributed by atoms with Crippen molar-refractivity contribution in [3.8, 4) is 0 Å². The van der Waals surface area contributed by atoms with Crippen LogP contribution >= 0.6 is 0 Å². The molecule has 0 unspecified atom stereocenters. The van der Waals surface area contributed by atoms with Gasteiger partial charge < -0.3 is 0 Å². The van der Waals surface area contributed by atoms with E-state index in [2.05, 4.69) is 116 Å². The number of hydrogen-bond donors (Lipinski definition) is 0. The molecule has 0 radical (unpaired) electrons. The third-order valence-electron chi connectivity index (χ3n) is 5.57. The Morgan fingerprint density at radius 1 is 0.654 bits per heavy atom. The lowest BCUT2D eigenvalue weighted by atomic mass is 9.78.